The molecule has 2 aromatic rings. The standard InChI is InChI=1S/C23H29N3O3/c1-17-6-10-19(11-7-17)22(27)25-21(23(28)24-14-5-15-26(2)3)16-18-8-12-20(29-4)13-9-18/h6-13,16H,5,14-15H2,1-4H3,(H,24,28)(H,25,27)/p+1/b21-16-. The molecule has 6 heteroatoms. The number of ether oxygens (including phenoxy) is 1. The van der Waals surface area contributed by atoms with Crippen LogP contribution in [0.2, 0.25) is 0 Å². The highest BCUT2D eigenvalue weighted by atomic mass is 16.5. The van der Waals surface area contributed by atoms with Crippen molar-refractivity contribution in [2.24, 2.45) is 0 Å². The second kappa shape index (κ2) is 11.0. The third kappa shape index (κ3) is 7.43. The van der Waals surface area contributed by atoms with Crippen LogP contribution in [0.5, 0.6) is 5.75 Å². The van der Waals surface area contributed by atoms with Gasteiger partial charge in [0, 0.05) is 18.5 Å². The summed E-state index contributed by atoms with van der Waals surface area (Å²) in [6, 6.07) is 14.5. The molecule has 0 atom stereocenters. The average Bonchev–Trinajstić information content (AvgIpc) is 2.71. The lowest BCUT2D eigenvalue weighted by atomic mass is 10.1. The van der Waals surface area contributed by atoms with Gasteiger partial charge in [-0.2, -0.15) is 0 Å². The molecular weight excluding hydrogens is 366 g/mol. The summed E-state index contributed by atoms with van der Waals surface area (Å²) in [5.74, 6) is 0.0933. The van der Waals surface area contributed by atoms with Crippen molar-refractivity contribution in [3.05, 3.63) is 70.9 Å². The highest BCUT2D eigenvalue weighted by Crippen LogP contribution is 2.14. The number of hydrogen-bond donors (Lipinski definition) is 3. The summed E-state index contributed by atoms with van der Waals surface area (Å²) >= 11 is 0. The van der Waals surface area contributed by atoms with E-state index >= 15 is 0 Å². The van der Waals surface area contributed by atoms with E-state index in [1.807, 2.05) is 43.3 Å². The van der Waals surface area contributed by atoms with Crippen LogP contribution in [0, 0.1) is 6.92 Å². The molecule has 0 aliphatic rings. The molecule has 0 fully saturated rings. The van der Waals surface area contributed by atoms with Crippen LogP contribution < -0.4 is 20.3 Å². The van der Waals surface area contributed by atoms with Crippen molar-refractivity contribution in [2.75, 3.05) is 34.3 Å². The highest BCUT2D eigenvalue weighted by Gasteiger charge is 2.14. The maximum absolute atomic E-state index is 12.7. The zero-order chi connectivity index (χ0) is 21.2. The monoisotopic (exact) mass is 396 g/mol. The number of benzene rings is 2. The zero-order valence-corrected chi connectivity index (χ0v) is 17.5. The number of rotatable bonds is 9. The summed E-state index contributed by atoms with van der Waals surface area (Å²) < 4.78 is 5.17. The second-order valence-corrected chi connectivity index (χ2v) is 7.22. The summed E-state index contributed by atoms with van der Waals surface area (Å²) in [7, 11) is 5.73. The van der Waals surface area contributed by atoms with Crippen molar-refractivity contribution in [1.82, 2.24) is 10.6 Å². The van der Waals surface area contributed by atoms with Crippen LogP contribution in [-0.4, -0.2) is 46.1 Å². The second-order valence-electron chi connectivity index (χ2n) is 7.22. The van der Waals surface area contributed by atoms with E-state index in [2.05, 4.69) is 24.7 Å². The smallest absolute Gasteiger partial charge is 0.267 e. The number of quaternary nitrogens is 1. The van der Waals surface area contributed by atoms with Crippen LogP contribution in [0.4, 0.5) is 0 Å². The predicted octanol–water partition coefficient (Wildman–Crippen LogP) is 1.43. The van der Waals surface area contributed by atoms with Crippen LogP contribution in [0.3, 0.4) is 0 Å². The maximum atomic E-state index is 12.7. The molecule has 0 aromatic heterocycles. The van der Waals surface area contributed by atoms with Crippen molar-refractivity contribution in [1.29, 1.82) is 0 Å². The Balaban J connectivity index is 2.16. The van der Waals surface area contributed by atoms with Crippen LogP contribution in [0.1, 0.15) is 27.9 Å². The van der Waals surface area contributed by atoms with Crippen molar-refractivity contribution < 1.29 is 19.2 Å². The molecule has 0 aliphatic carbocycles. The molecular formula is C23H30N3O3+. The first-order valence-electron chi connectivity index (χ1n) is 9.70. The lowest BCUT2D eigenvalue weighted by Gasteiger charge is -2.12. The van der Waals surface area contributed by atoms with E-state index in [1.165, 1.54) is 4.90 Å². The van der Waals surface area contributed by atoms with Gasteiger partial charge >= 0.3 is 0 Å². The quantitative estimate of drug-likeness (QED) is 0.444. The SMILES string of the molecule is COc1ccc(/C=C(\NC(=O)c2ccc(C)cc2)C(=O)NCCC[NH+](C)C)cc1. The van der Waals surface area contributed by atoms with Gasteiger partial charge in [-0.1, -0.05) is 29.8 Å². The molecule has 0 radical (unpaired) electrons. The Bertz CT molecular complexity index is 841. The third-order valence-electron chi connectivity index (χ3n) is 4.37. The summed E-state index contributed by atoms with van der Waals surface area (Å²) in [5.41, 5.74) is 2.56. The fourth-order valence-corrected chi connectivity index (χ4v) is 2.66. The lowest BCUT2D eigenvalue weighted by molar-refractivity contribution is -0.858. The van der Waals surface area contributed by atoms with E-state index in [1.54, 1.807) is 25.3 Å². The Morgan fingerprint density at radius 2 is 1.69 bits per heavy atom. The minimum absolute atomic E-state index is 0.206. The highest BCUT2D eigenvalue weighted by molar-refractivity contribution is 6.05. The van der Waals surface area contributed by atoms with Crippen LogP contribution in [0.25, 0.3) is 6.08 Å². The van der Waals surface area contributed by atoms with Gasteiger partial charge in [0.05, 0.1) is 27.7 Å². The number of amides is 2. The Labute approximate surface area is 172 Å². The summed E-state index contributed by atoms with van der Waals surface area (Å²) in [4.78, 5) is 26.7. The first kappa shape index (κ1) is 22.2. The van der Waals surface area contributed by atoms with E-state index in [0.717, 1.165) is 29.8 Å². The summed E-state index contributed by atoms with van der Waals surface area (Å²) in [6.45, 7) is 3.46. The lowest BCUT2D eigenvalue weighted by Crippen LogP contribution is -3.05. The number of aryl methyl sites for hydroxylation is 1. The number of nitrogens with one attached hydrogen (secondary N) is 3. The Morgan fingerprint density at radius 1 is 1.03 bits per heavy atom. The van der Waals surface area contributed by atoms with Gasteiger partial charge in [0.1, 0.15) is 11.4 Å². The van der Waals surface area contributed by atoms with Gasteiger partial charge < -0.3 is 20.3 Å². The van der Waals surface area contributed by atoms with Crippen molar-refractivity contribution >= 4 is 17.9 Å². The van der Waals surface area contributed by atoms with Crippen molar-refractivity contribution in [2.45, 2.75) is 13.3 Å². The average molecular weight is 397 g/mol. The number of methoxy groups -OCH3 is 1. The number of hydrogen-bond acceptors (Lipinski definition) is 3. The molecule has 0 saturated carbocycles. The van der Waals surface area contributed by atoms with E-state index in [4.69, 9.17) is 4.74 Å². The van der Waals surface area contributed by atoms with E-state index in [-0.39, 0.29) is 17.5 Å². The maximum Gasteiger partial charge on any atom is 0.267 e. The molecule has 29 heavy (non-hydrogen) atoms. The molecule has 2 aromatic carbocycles. The van der Waals surface area contributed by atoms with Gasteiger partial charge in [0.2, 0.25) is 0 Å². The van der Waals surface area contributed by atoms with Gasteiger partial charge in [-0.3, -0.25) is 9.59 Å². The van der Waals surface area contributed by atoms with Crippen molar-refractivity contribution in [3.63, 3.8) is 0 Å². The molecule has 3 N–H and O–H groups in total. The topological polar surface area (TPSA) is 71.9 Å². The van der Waals surface area contributed by atoms with Crippen LogP contribution in [0.15, 0.2) is 54.2 Å². The zero-order valence-electron chi connectivity index (χ0n) is 17.5. The molecule has 0 aliphatic heterocycles. The molecule has 0 unspecified atom stereocenters. The Kier molecular flexibility index (Phi) is 8.43. The molecule has 0 heterocycles. The van der Waals surface area contributed by atoms with Gasteiger partial charge in [-0.25, -0.2) is 0 Å². The Morgan fingerprint density at radius 3 is 2.28 bits per heavy atom. The molecule has 6 nitrogen and oxygen atoms in total. The molecule has 2 rings (SSSR count). The number of carbonyl (C=O) groups excluding carboxylic acids is 2. The molecule has 154 valence electrons. The van der Waals surface area contributed by atoms with Gasteiger partial charge in [0.25, 0.3) is 11.8 Å². The van der Waals surface area contributed by atoms with Crippen LogP contribution in [-0.2, 0) is 4.79 Å². The summed E-state index contributed by atoms with van der Waals surface area (Å²) in [5, 5.41) is 5.64. The summed E-state index contributed by atoms with van der Waals surface area (Å²) in [6.07, 6.45) is 2.52. The molecule has 2 amide bonds. The fraction of sp³-hybridized carbons (Fsp3) is 0.304. The van der Waals surface area contributed by atoms with Crippen molar-refractivity contribution in [3.8, 4) is 5.75 Å². The molecule has 0 spiro atoms. The molecule has 0 saturated heterocycles. The number of carbonyl (C=O) groups is 2. The van der Waals surface area contributed by atoms with E-state index in [9.17, 15) is 9.59 Å². The van der Waals surface area contributed by atoms with Gasteiger partial charge in [-0.05, 0) is 42.8 Å². The third-order valence-corrected chi connectivity index (χ3v) is 4.37. The van der Waals surface area contributed by atoms with Gasteiger partial charge in [0.15, 0.2) is 0 Å². The minimum Gasteiger partial charge on any atom is -0.497 e. The first-order chi connectivity index (χ1) is 13.9. The fourth-order valence-electron chi connectivity index (χ4n) is 2.66. The van der Waals surface area contributed by atoms with Crippen LogP contribution >= 0.6 is 0 Å². The predicted molar refractivity (Wildman–Crippen MR) is 115 cm³/mol. The largest absolute Gasteiger partial charge is 0.497 e. The first-order valence-corrected chi connectivity index (χ1v) is 9.70. The van der Waals surface area contributed by atoms with E-state index in [0.29, 0.717) is 12.1 Å². The van der Waals surface area contributed by atoms with E-state index < -0.39 is 0 Å². The Hall–Kier alpha value is -3.12. The normalized spacial score (nSPS) is 11.3. The minimum atomic E-state index is -0.322. The molecule has 0 bridgehead atoms. The van der Waals surface area contributed by atoms with Gasteiger partial charge in [-0.15, -0.1) is 0 Å².